The molecule has 3 aromatic rings. The number of hydrogen-bond acceptors (Lipinski definition) is 5. The molecule has 0 bridgehead atoms. The molecule has 0 unspecified atom stereocenters. The first-order chi connectivity index (χ1) is 12.6. The summed E-state index contributed by atoms with van der Waals surface area (Å²) in [6, 6.07) is 10.2. The van der Waals surface area contributed by atoms with E-state index in [0.717, 1.165) is 5.56 Å². The number of carbonyl (C=O) groups is 2. The number of hydrogen-bond donors (Lipinski definition) is 2. The summed E-state index contributed by atoms with van der Waals surface area (Å²) in [5, 5.41) is 10.2. The van der Waals surface area contributed by atoms with Gasteiger partial charge in [-0.2, -0.15) is 4.98 Å². The maximum absolute atomic E-state index is 12.2. The van der Waals surface area contributed by atoms with Crippen LogP contribution in [0.15, 0.2) is 48.8 Å². The molecule has 26 heavy (non-hydrogen) atoms. The van der Waals surface area contributed by atoms with Crippen molar-refractivity contribution in [3.05, 3.63) is 64.9 Å². The van der Waals surface area contributed by atoms with Crippen molar-refractivity contribution in [2.45, 2.75) is 12.5 Å². The van der Waals surface area contributed by atoms with E-state index in [1.54, 1.807) is 35.1 Å². The highest BCUT2D eigenvalue weighted by Gasteiger charge is 2.29. The van der Waals surface area contributed by atoms with E-state index >= 15 is 0 Å². The van der Waals surface area contributed by atoms with Crippen LogP contribution in [-0.2, 0) is 4.79 Å². The summed E-state index contributed by atoms with van der Waals surface area (Å²) in [6.07, 6.45) is 3.24. The van der Waals surface area contributed by atoms with Gasteiger partial charge < -0.3 is 0 Å². The Labute approximate surface area is 153 Å². The van der Waals surface area contributed by atoms with Crippen LogP contribution in [0.4, 0.5) is 11.9 Å². The Morgan fingerprint density at radius 3 is 2.81 bits per heavy atom. The molecule has 3 heterocycles. The average Bonchev–Trinajstić information content (AvgIpc) is 3.04. The fraction of sp³-hybridized carbons (Fsp3) is 0.118. The average molecular weight is 369 g/mol. The van der Waals surface area contributed by atoms with Crippen LogP contribution in [-0.4, -0.2) is 31.6 Å². The predicted molar refractivity (Wildman–Crippen MR) is 95.0 cm³/mol. The molecular weight excluding hydrogens is 356 g/mol. The molecule has 2 amide bonds. The number of nitrogens with one attached hydrogen (secondary N) is 2. The van der Waals surface area contributed by atoms with Crippen molar-refractivity contribution < 1.29 is 9.59 Å². The van der Waals surface area contributed by atoms with E-state index in [-0.39, 0.29) is 36.2 Å². The standard InChI is InChI=1S/C17H13ClN6O2/c18-12-5-3-10(4-6-12)13-8-14(25)20-17-22-16(23-24(13)17)21-15(26)11-2-1-7-19-9-11/h1-7,9,13H,8H2,(H2,20,21,22,23,25,26)/t13-/m0/s1. The van der Waals surface area contributed by atoms with Crippen LogP contribution in [0.3, 0.4) is 0 Å². The molecule has 0 saturated carbocycles. The Kier molecular flexibility index (Phi) is 4.10. The molecule has 8 nitrogen and oxygen atoms in total. The monoisotopic (exact) mass is 368 g/mol. The Morgan fingerprint density at radius 2 is 2.08 bits per heavy atom. The summed E-state index contributed by atoms with van der Waals surface area (Å²) in [5.41, 5.74) is 1.26. The molecule has 1 atom stereocenters. The highest BCUT2D eigenvalue weighted by Crippen LogP contribution is 2.30. The summed E-state index contributed by atoms with van der Waals surface area (Å²) in [4.78, 5) is 32.4. The second-order valence-electron chi connectivity index (χ2n) is 5.72. The molecule has 0 radical (unpaired) electrons. The Bertz CT molecular complexity index is 971. The van der Waals surface area contributed by atoms with E-state index in [0.29, 0.717) is 10.6 Å². The van der Waals surface area contributed by atoms with Crippen LogP contribution in [0.2, 0.25) is 5.02 Å². The minimum absolute atomic E-state index is 0.106. The lowest BCUT2D eigenvalue weighted by atomic mass is 10.0. The highest BCUT2D eigenvalue weighted by molar-refractivity contribution is 6.30. The van der Waals surface area contributed by atoms with Gasteiger partial charge in [0.05, 0.1) is 18.0 Å². The number of aromatic nitrogens is 4. The molecule has 1 aromatic carbocycles. The van der Waals surface area contributed by atoms with Crippen molar-refractivity contribution in [3.8, 4) is 0 Å². The quantitative estimate of drug-likeness (QED) is 0.739. The highest BCUT2D eigenvalue weighted by atomic mass is 35.5. The van der Waals surface area contributed by atoms with Crippen LogP contribution in [0.5, 0.6) is 0 Å². The number of halogens is 1. The van der Waals surface area contributed by atoms with E-state index in [1.807, 2.05) is 12.1 Å². The molecule has 1 aliphatic rings. The van der Waals surface area contributed by atoms with E-state index in [9.17, 15) is 9.59 Å². The zero-order valence-electron chi connectivity index (χ0n) is 13.4. The van der Waals surface area contributed by atoms with Crippen LogP contribution >= 0.6 is 11.6 Å². The number of pyridine rings is 1. The number of amides is 2. The molecule has 4 rings (SSSR count). The van der Waals surface area contributed by atoms with Gasteiger partial charge in [-0.3, -0.25) is 25.2 Å². The second kappa shape index (κ2) is 6.57. The van der Waals surface area contributed by atoms with E-state index < -0.39 is 0 Å². The van der Waals surface area contributed by atoms with Crippen LogP contribution in [0.1, 0.15) is 28.4 Å². The largest absolute Gasteiger partial charge is 0.295 e. The molecule has 130 valence electrons. The summed E-state index contributed by atoms with van der Waals surface area (Å²) >= 11 is 5.93. The van der Waals surface area contributed by atoms with Gasteiger partial charge in [0.25, 0.3) is 11.9 Å². The molecule has 0 fully saturated rings. The lowest BCUT2D eigenvalue weighted by Crippen LogP contribution is -2.29. The first-order valence-electron chi connectivity index (χ1n) is 7.83. The van der Waals surface area contributed by atoms with Crippen molar-refractivity contribution in [2.75, 3.05) is 10.6 Å². The van der Waals surface area contributed by atoms with Crippen LogP contribution < -0.4 is 10.6 Å². The zero-order chi connectivity index (χ0) is 18.1. The number of rotatable bonds is 3. The van der Waals surface area contributed by atoms with Crippen molar-refractivity contribution >= 4 is 35.3 Å². The van der Waals surface area contributed by atoms with Crippen molar-refractivity contribution in [1.29, 1.82) is 0 Å². The fourth-order valence-corrected chi connectivity index (χ4v) is 2.86. The summed E-state index contributed by atoms with van der Waals surface area (Å²) in [6.45, 7) is 0. The van der Waals surface area contributed by atoms with E-state index in [2.05, 4.69) is 25.7 Å². The molecular formula is C17H13ClN6O2. The number of benzene rings is 1. The SMILES string of the molecule is O=C1C[C@@H](c2ccc(Cl)cc2)n2nc(NC(=O)c3cccnc3)nc2N1. The summed E-state index contributed by atoms with van der Waals surface area (Å²) in [7, 11) is 0. The Morgan fingerprint density at radius 1 is 1.27 bits per heavy atom. The maximum Gasteiger partial charge on any atom is 0.259 e. The minimum Gasteiger partial charge on any atom is -0.295 e. The van der Waals surface area contributed by atoms with E-state index in [1.165, 1.54) is 6.20 Å². The molecule has 0 saturated heterocycles. The lowest BCUT2D eigenvalue weighted by molar-refractivity contribution is -0.117. The first-order valence-corrected chi connectivity index (χ1v) is 8.21. The summed E-state index contributed by atoms with van der Waals surface area (Å²) in [5.74, 6) is -0.164. The van der Waals surface area contributed by atoms with Crippen LogP contribution in [0, 0.1) is 0 Å². The lowest BCUT2D eigenvalue weighted by Gasteiger charge is -2.23. The van der Waals surface area contributed by atoms with Gasteiger partial charge in [0, 0.05) is 17.4 Å². The van der Waals surface area contributed by atoms with Crippen molar-refractivity contribution in [2.24, 2.45) is 0 Å². The summed E-state index contributed by atoms with van der Waals surface area (Å²) < 4.78 is 1.59. The second-order valence-corrected chi connectivity index (χ2v) is 6.16. The molecule has 0 spiro atoms. The van der Waals surface area contributed by atoms with Crippen molar-refractivity contribution in [1.82, 2.24) is 19.7 Å². The third-order valence-electron chi connectivity index (χ3n) is 3.96. The maximum atomic E-state index is 12.2. The van der Waals surface area contributed by atoms with Gasteiger partial charge in [0.2, 0.25) is 11.9 Å². The van der Waals surface area contributed by atoms with Gasteiger partial charge in [-0.15, -0.1) is 5.10 Å². The number of carbonyl (C=O) groups excluding carboxylic acids is 2. The van der Waals surface area contributed by atoms with Gasteiger partial charge >= 0.3 is 0 Å². The number of nitrogens with zero attached hydrogens (tertiary/aromatic N) is 4. The Balaban J connectivity index is 1.63. The van der Waals surface area contributed by atoms with Gasteiger partial charge in [-0.05, 0) is 29.8 Å². The normalized spacial score (nSPS) is 15.9. The van der Waals surface area contributed by atoms with E-state index in [4.69, 9.17) is 11.6 Å². The molecule has 9 heteroatoms. The smallest absolute Gasteiger partial charge is 0.259 e. The fourth-order valence-electron chi connectivity index (χ4n) is 2.73. The van der Waals surface area contributed by atoms with Gasteiger partial charge in [-0.1, -0.05) is 23.7 Å². The molecule has 1 aliphatic heterocycles. The minimum atomic E-state index is -0.379. The topological polar surface area (TPSA) is 102 Å². The Hall–Kier alpha value is -3.26. The first kappa shape index (κ1) is 16.2. The zero-order valence-corrected chi connectivity index (χ0v) is 14.1. The molecule has 2 N–H and O–H groups in total. The molecule has 2 aromatic heterocycles. The number of fused-ring (bicyclic) bond motifs is 1. The van der Waals surface area contributed by atoms with Crippen molar-refractivity contribution in [3.63, 3.8) is 0 Å². The van der Waals surface area contributed by atoms with Gasteiger partial charge in [0.15, 0.2) is 0 Å². The van der Waals surface area contributed by atoms with Gasteiger partial charge in [-0.25, -0.2) is 4.68 Å². The third kappa shape index (κ3) is 3.14. The van der Waals surface area contributed by atoms with Gasteiger partial charge in [0.1, 0.15) is 0 Å². The third-order valence-corrected chi connectivity index (χ3v) is 4.21. The molecule has 0 aliphatic carbocycles. The van der Waals surface area contributed by atoms with Crippen LogP contribution in [0.25, 0.3) is 0 Å². The predicted octanol–water partition coefficient (Wildman–Crippen LogP) is 2.51. The number of anilines is 2.